The molecular weight excluding hydrogens is 264 g/mol. The summed E-state index contributed by atoms with van der Waals surface area (Å²) in [7, 11) is 0. The smallest absolute Gasteiger partial charge is 0.269 e. The number of rotatable bonds is 5. The molecule has 0 radical (unpaired) electrons. The van der Waals surface area contributed by atoms with Gasteiger partial charge in [-0.2, -0.15) is 11.8 Å². The van der Waals surface area contributed by atoms with E-state index in [2.05, 4.69) is 5.32 Å². The van der Waals surface area contributed by atoms with Crippen molar-refractivity contribution in [2.24, 2.45) is 5.92 Å². The number of nitrogens with zero attached hydrogens (tertiary/aromatic N) is 1. The van der Waals surface area contributed by atoms with Gasteiger partial charge in [-0.15, -0.1) is 0 Å². The van der Waals surface area contributed by atoms with Gasteiger partial charge in [0.05, 0.1) is 11.3 Å². The van der Waals surface area contributed by atoms with Crippen molar-refractivity contribution in [2.75, 3.05) is 18.1 Å². The minimum Gasteiger partial charge on any atom is -0.356 e. The third-order valence-corrected chi connectivity index (χ3v) is 4.36. The van der Waals surface area contributed by atoms with Crippen LogP contribution in [0.5, 0.6) is 0 Å². The van der Waals surface area contributed by atoms with Gasteiger partial charge in [0, 0.05) is 18.7 Å². The van der Waals surface area contributed by atoms with Crippen LogP contribution in [0.2, 0.25) is 0 Å². The van der Waals surface area contributed by atoms with Crippen LogP contribution in [0.25, 0.3) is 0 Å². The molecule has 1 saturated heterocycles. The number of thioether (sulfide) groups is 1. The Bertz CT molecular complexity index is 455. The Kier molecular flexibility index (Phi) is 4.79. The van der Waals surface area contributed by atoms with Crippen molar-refractivity contribution in [1.82, 2.24) is 5.32 Å². The molecule has 6 heteroatoms. The lowest BCUT2D eigenvalue weighted by Gasteiger charge is -2.09. The minimum absolute atomic E-state index is 0.0225. The molecule has 0 bridgehead atoms. The highest BCUT2D eigenvalue weighted by molar-refractivity contribution is 7.99. The Labute approximate surface area is 115 Å². The van der Waals surface area contributed by atoms with Crippen LogP contribution in [-0.4, -0.2) is 28.9 Å². The van der Waals surface area contributed by atoms with Gasteiger partial charge < -0.3 is 5.32 Å². The van der Waals surface area contributed by atoms with Gasteiger partial charge >= 0.3 is 0 Å². The molecular formula is C13H16N2O3S. The molecule has 1 aromatic rings. The van der Waals surface area contributed by atoms with E-state index in [1.807, 2.05) is 11.8 Å². The highest BCUT2D eigenvalue weighted by Gasteiger charge is 2.16. The summed E-state index contributed by atoms with van der Waals surface area (Å²) in [5, 5.41) is 13.4. The van der Waals surface area contributed by atoms with Crippen molar-refractivity contribution < 1.29 is 9.72 Å². The number of carbonyl (C=O) groups excluding carboxylic acids is 1. The molecule has 0 aromatic heterocycles. The normalized spacial score (nSPS) is 18.2. The van der Waals surface area contributed by atoms with Gasteiger partial charge in [-0.05, 0) is 29.4 Å². The SMILES string of the molecule is O=C(Cc1ccc([N+](=O)[O-])cc1)NC[C@H]1CCSC1. The fourth-order valence-corrected chi connectivity index (χ4v) is 3.27. The molecule has 0 spiro atoms. The Hall–Kier alpha value is -1.56. The lowest BCUT2D eigenvalue weighted by molar-refractivity contribution is -0.384. The maximum atomic E-state index is 11.7. The van der Waals surface area contributed by atoms with Crippen molar-refractivity contribution in [2.45, 2.75) is 12.8 Å². The van der Waals surface area contributed by atoms with E-state index >= 15 is 0 Å². The first-order valence-electron chi connectivity index (χ1n) is 6.23. The molecule has 1 heterocycles. The first-order chi connectivity index (χ1) is 9.15. The highest BCUT2D eigenvalue weighted by Crippen LogP contribution is 2.22. The zero-order valence-corrected chi connectivity index (χ0v) is 11.3. The molecule has 19 heavy (non-hydrogen) atoms. The van der Waals surface area contributed by atoms with E-state index in [1.165, 1.54) is 24.3 Å². The fourth-order valence-electron chi connectivity index (χ4n) is 1.99. The maximum Gasteiger partial charge on any atom is 0.269 e. The minimum atomic E-state index is -0.443. The van der Waals surface area contributed by atoms with Crippen LogP contribution >= 0.6 is 11.8 Å². The summed E-state index contributed by atoms with van der Waals surface area (Å²) in [6, 6.07) is 6.11. The first kappa shape index (κ1) is 13.9. The second-order valence-electron chi connectivity index (χ2n) is 4.63. The van der Waals surface area contributed by atoms with E-state index in [4.69, 9.17) is 0 Å². The summed E-state index contributed by atoms with van der Waals surface area (Å²) in [6.45, 7) is 0.735. The molecule has 1 aromatic carbocycles. The van der Waals surface area contributed by atoms with Crippen LogP contribution in [0, 0.1) is 16.0 Å². The number of nitro benzene ring substituents is 1. The van der Waals surface area contributed by atoms with Crippen LogP contribution in [0.4, 0.5) is 5.69 Å². The maximum absolute atomic E-state index is 11.7. The third kappa shape index (κ3) is 4.24. The van der Waals surface area contributed by atoms with Gasteiger partial charge in [0.25, 0.3) is 5.69 Å². The van der Waals surface area contributed by atoms with E-state index in [0.29, 0.717) is 5.92 Å². The molecule has 1 fully saturated rings. The van der Waals surface area contributed by atoms with Crippen molar-refractivity contribution in [1.29, 1.82) is 0 Å². The van der Waals surface area contributed by atoms with Gasteiger partial charge in [-0.1, -0.05) is 12.1 Å². The van der Waals surface area contributed by atoms with Gasteiger partial charge in [0.1, 0.15) is 0 Å². The Morgan fingerprint density at radius 2 is 2.16 bits per heavy atom. The molecule has 1 N–H and O–H groups in total. The van der Waals surface area contributed by atoms with Crippen LogP contribution in [0.1, 0.15) is 12.0 Å². The number of hydrogen-bond donors (Lipinski definition) is 1. The van der Waals surface area contributed by atoms with Crippen molar-refractivity contribution >= 4 is 23.4 Å². The number of hydrogen-bond acceptors (Lipinski definition) is 4. The molecule has 102 valence electrons. The molecule has 0 saturated carbocycles. The second kappa shape index (κ2) is 6.56. The van der Waals surface area contributed by atoms with E-state index in [9.17, 15) is 14.9 Å². The zero-order valence-electron chi connectivity index (χ0n) is 10.5. The molecule has 1 amide bonds. The standard InChI is InChI=1S/C13H16N2O3S/c16-13(14-8-11-5-6-19-9-11)7-10-1-3-12(4-2-10)15(17)18/h1-4,11H,5-9H2,(H,14,16)/t11-/m1/s1. The van der Waals surface area contributed by atoms with Crippen molar-refractivity contribution in [3.63, 3.8) is 0 Å². The van der Waals surface area contributed by atoms with Crippen LogP contribution < -0.4 is 5.32 Å². The summed E-state index contributed by atoms with van der Waals surface area (Å²) < 4.78 is 0. The third-order valence-electron chi connectivity index (χ3n) is 3.12. The predicted molar refractivity (Wildman–Crippen MR) is 75.2 cm³/mol. The molecule has 1 atom stereocenters. The summed E-state index contributed by atoms with van der Waals surface area (Å²) >= 11 is 1.93. The predicted octanol–water partition coefficient (Wildman–Crippen LogP) is 2.01. The largest absolute Gasteiger partial charge is 0.356 e. The summed E-state index contributed by atoms with van der Waals surface area (Å²) in [6.07, 6.45) is 1.44. The quantitative estimate of drug-likeness (QED) is 0.661. The number of nitro groups is 1. The lowest BCUT2D eigenvalue weighted by Crippen LogP contribution is -2.30. The molecule has 0 unspecified atom stereocenters. The first-order valence-corrected chi connectivity index (χ1v) is 7.38. The van der Waals surface area contributed by atoms with E-state index in [0.717, 1.165) is 17.9 Å². The average molecular weight is 280 g/mol. The fraction of sp³-hybridized carbons (Fsp3) is 0.462. The summed E-state index contributed by atoms with van der Waals surface area (Å²) in [4.78, 5) is 21.8. The van der Waals surface area contributed by atoms with E-state index < -0.39 is 4.92 Å². The zero-order chi connectivity index (χ0) is 13.7. The summed E-state index contributed by atoms with van der Waals surface area (Å²) in [5.74, 6) is 2.87. The number of non-ortho nitro benzene ring substituents is 1. The summed E-state index contributed by atoms with van der Waals surface area (Å²) in [5.41, 5.74) is 0.844. The van der Waals surface area contributed by atoms with Gasteiger partial charge in [0.2, 0.25) is 5.91 Å². The number of benzene rings is 1. The number of nitrogens with one attached hydrogen (secondary N) is 1. The lowest BCUT2D eigenvalue weighted by atomic mass is 10.1. The molecule has 5 nitrogen and oxygen atoms in total. The van der Waals surface area contributed by atoms with E-state index in [-0.39, 0.29) is 18.0 Å². The van der Waals surface area contributed by atoms with Gasteiger partial charge in [0.15, 0.2) is 0 Å². The average Bonchev–Trinajstić information content (AvgIpc) is 2.90. The molecule has 1 aliphatic rings. The Morgan fingerprint density at radius 3 is 2.74 bits per heavy atom. The Balaban J connectivity index is 1.79. The monoisotopic (exact) mass is 280 g/mol. The second-order valence-corrected chi connectivity index (χ2v) is 5.78. The topological polar surface area (TPSA) is 72.2 Å². The highest BCUT2D eigenvalue weighted by atomic mass is 32.2. The van der Waals surface area contributed by atoms with Crippen LogP contribution in [0.15, 0.2) is 24.3 Å². The number of carbonyl (C=O) groups is 1. The molecule has 1 aliphatic heterocycles. The van der Waals surface area contributed by atoms with Crippen molar-refractivity contribution in [3.8, 4) is 0 Å². The van der Waals surface area contributed by atoms with Crippen molar-refractivity contribution in [3.05, 3.63) is 39.9 Å². The van der Waals surface area contributed by atoms with Crippen LogP contribution in [-0.2, 0) is 11.2 Å². The van der Waals surface area contributed by atoms with E-state index in [1.54, 1.807) is 12.1 Å². The molecule has 0 aliphatic carbocycles. The van der Waals surface area contributed by atoms with Gasteiger partial charge in [-0.25, -0.2) is 0 Å². The molecule has 2 rings (SSSR count). The van der Waals surface area contributed by atoms with Gasteiger partial charge in [-0.3, -0.25) is 14.9 Å². The Morgan fingerprint density at radius 1 is 1.42 bits per heavy atom. The number of amides is 1. The van der Waals surface area contributed by atoms with Crippen LogP contribution in [0.3, 0.4) is 0 Å².